The van der Waals surface area contributed by atoms with Crippen molar-refractivity contribution in [3.05, 3.63) is 35.1 Å². The van der Waals surface area contributed by atoms with Gasteiger partial charge in [0.1, 0.15) is 5.01 Å². The predicted octanol–water partition coefficient (Wildman–Crippen LogP) is 2.28. The summed E-state index contributed by atoms with van der Waals surface area (Å²) in [7, 11) is 1.96. The van der Waals surface area contributed by atoms with E-state index in [1.165, 1.54) is 10.6 Å². The average Bonchev–Trinajstić information content (AvgIpc) is 2.69. The molecule has 0 bridgehead atoms. The van der Waals surface area contributed by atoms with Crippen molar-refractivity contribution in [3.8, 4) is 10.6 Å². The van der Waals surface area contributed by atoms with E-state index >= 15 is 0 Å². The van der Waals surface area contributed by atoms with Gasteiger partial charge in [0.25, 0.3) is 0 Å². The zero-order valence-corrected chi connectivity index (χ0v) is 10.3. The molecule has 0 unspecified atom stereocenters. The van der Waals surface area contributed by atoms with Crippen LogP contribution in [0.4, 0.5) is 0 Å². The quantitative estimate of drug-likeness (QED) is 0.880. The fourth-order valence-electron chi connectivity index (χ4n) is 1.52. The third-order valence-corrected chi connectivity index (χ3v) is 3.49. The topological polar surface area (TPSA) is 37.8 Å². The third-order valence-electron chi connectivity index (χ3n) is 2.43. The number of hydrogen-bond donors (Lipinski definition) is 1. The molecule has 0 aliphatic carbocycles. The second-order valence-corrected chi connectivity index (χ2v) is 4.81. The lowest BCUT2D eigenvalue weighted by Crippen LogP contribution is -2.10. The first-order valence-corrected chi connectivity index (χ1v) is 6.14. The van der Waals surface area contributed by atoms with Crippen molar-refractivity contribution in [1.29, 1.82) is 0 Å². The lowest BCUT2D eigenvalue weighted by molar-refractivity contribution is 0.777. The van der Waals surface area contributed by atoms with E-state index in [9.17, 15) is 0 Å². The minimum Gasteiger partial charge on any atom is -0.319 e. The molecule has 0 amide bonds. The van der Waals surface area contributed by atoms with Crippen LogP contribution in [-0.4, -0.2) is 23.6 Å². The zero-order valence-electron chi connectivity index (χ0n) is 9.53. The van der Waals surface area contributed by atoms with Crippen LogP contribution in [0.15, 0.2) is 24.5 Å². The van der Waals surface area contributed by atoms with E-state index in [2.05, 4.69) is 22.2 Å². The number of pyridine rings is 1. The predicted molar refractivity (Wildman–Crippen MR) is 67.7 cm³/mol. The van der Waals surface area contributed by atoms with E-state index < -0.39 is 0 Å². The van der Waals surface area contributed by atoms with Crippen LogP contribution in [0, 0.1) is 6.92 Å². The molecule has 0 spiro atoms. The summed E-state index contributed by atoms with van der Waals surface area (Å²) in [6, 6.07) is 4.00. The Labute approximate surface area is 99.6 Å². The highest BCUT2D eigenvalue weighted by molar-refractivity contribution is 7.15. The Morgan fingerprint density at radius 3 is 2.75 bits per heavy atom. The molecule has 0 saturated heterocycles. The number of aryl methyl sites for hydroxylation is 1. The summed E-state index contributed by atoms with van der Waals surface area (Å²) in [6.45, 7) is 3.10. The number of likely N-dealkylation sites (N-methyl/N-ethyl adjacent to an activating group) is 1. The number of aromatic nitrogens is 2. The highest BCUT2D eigenvalue weighted by Gasteiger charge is 2.08. The lowest BCUT2D eigenvalue weighted by Gasteiger charge is -1.96. The van der Waals surface area contributed by atoms with Gasteiger partial charge in [0.2, 0.25) is 0 Å². The number of thiazole rings is 1. The Morgan fingerprint density at radius 1 is 1.31 bits per heavy atom. The van der Waals surface area contributed by atoms with E-state index in [1.54, 1.807) is 23.7 Å². The van der Waals surface area contributed by atoms with Crippen LogP contribution in [-0.2, 0) is 6.42 Å². The first-order valence-electron chi connectivity index (χ1n) is 5.32. The molecule has 16 heavy (non-hydrogen) atoms. The van der Waals surface area contributed by atoms with Gasteiger partial charge < -0.3 is 5.32 Å². The SMILES string of the molecule is CNCCc1nc(-c2ccncc2)sc1C. The van der Waals surface area contributed by atoms with Crippen LogP contribution in [0.3, 0.4) is 0 Å². The normalized spacial score (nSPS) is 10.6. The minimum absolute atomic E-state index is 0.973. The standard InChI is InChI=1S/C12H15N3S/c1-9-11(5-6-13-2)15-12(16-9)10-3-7-14-8-4-10/h3-4,7-8,13H,5-6H2,1-2H3. The van der Waals surface area contributed by atoms with Gasteiger partial charge in [-0.25, -0.2) is 4.98 Å². The largest absolute Gasteiger partial charge is 0.319 e. The molecular weight excluding hydrogens is 218 g/mol. The van der Waals surface area contributed by atoms with Crippen LogP contribution >= 0.6 is 11.3 Å². The van der Waals surface area contributed by atoms with Crippen LogP contribution < -0.4 is 5.32 Å². The van der Waals surface area contributed by atoms with Gasteiger partial charge >= 0.3 is 0 Å². The van der Waals surface area contributed by atoms with E-state index in [-0.39, 0.29) is 0 Å². The number of rotatable bonds is 4. The van der Waals surface area contributed by atoms with Gasteiger partial charge in [-0.3, -0.25) is 4.98 Å². The zero-order chi connectivity index (χ0) is 11.4. The van der Waals surface area contributed by atoms with Crippen molar-refractivity contribution in [2.24, 2.45) is 0 Å². The van der Waals surface area contributed by atoms with Crippen molar-refractivity contribution in [1.82, 2.24) is 15.3 Å². The van der Waals surface area contributed by atoms with Crippen molar-refractivity contribution in [3.63, 3.8) is 0 Å². The molecule has 4 heteroatoms. The Kier molecular flexibility index (Phi) is 3.64. The molecule has 2 rings (SSSR count). The maximum absolute atomic E-state index is 4.67. The molecule has 2 heterocycles. The number of hydrogen-bond acceptors (Lipinski definition) is 4. The van der Waals surface area contributed by atoms with Crippen LogP contribution in [0.2, 0.25) is 0 Å². The molecular formula is C12H15N3S. The van der Waals surface area contributed by atoms with Gasteiger partial charge in [-0.05, 0) is 26.1 Å². The van der Waals surface area contributed by atoms with Crippen LogP contribution in [0.1, 0.15) is 10.6 Å². The molecule has 0 radical (unpaired) electrons. The monoisotopic (exact) mass is 233 g/mol. The van der Waals surface area contributed by atoms with Crippen LogP contribution in [0.25, 0.3) is 10.6 Å². The van der Waals surface area contributed by atoms with Crippen molar-refractivity contribution >= 4 is 11.3 Å². The summed E-state index contributed by atoms with van der Waals surface area (Å²) in [5.74, 6) is 0. The molecule has 0 aromatic carbocycles. The van der Waals surface area contributed by atoms with E-state index in [0.717, 1.165) is 23.5 Å². The second-order valence-electron chi connectivity index (χ2n) is 3.61. The molecule has 3 nitrogen and oxygen atoms in total. The maximum atomic E-state index is 4.67. The average molecular weight is 233 g/mol. The summed E-state index contributed by atoms with van der Waals surface area (Å²) in [4.78, 5) is 9.99. The van der Waals surface area contributed by atoms with E-state index in [0.29, 0.717) is 0 Å². The molecule has 0 aliphatic rings. The summed E-state index contributed by atoms with van der Waals surface area (Å²) in [5.41, 5.74) is 2.35. The molecule has 1 N–H and O–H groups in total. The highest BCUT2D eigenvalue weighted by atomic mass is 32.1. The first kappa shape index (κ1) is 11.2. The molecule has 2 aromatic rings. The highest BCUT2D eigenvalue weighted by Crippen LogP contribution is 2.27. The fraction of sp³-hybridized carbons (Fsp3) is 0.333. The van der Waals surface area contributed by atoms with Gasteiger partial charge in [0.05, 0.1) is 5.69 Å². The minimum atomic E-state index is 0.973. The molecule has 0 aliphatic heterocycles. The fourth-order valence-corrected chi connectivity index (χ4v) is 2.49. The van der Waals surface area contributed by atoms with Gasteiger partial charge in [0.15, 0.2) is 0 Å². The molecule has 0 atom stereocenters. The summed E-state index contributed by atoms with van der Waals surface area (Å²) in [6.07, 6.45) is 4.60. The summed E-state index contributed by atoms with van der Waals surface area (Å²) < 4.78 is 0. The number of nitrogens with one attached hydrogen (secondary N) is 1. The Bertz CT molecular complexity index is 451. The third kappa shape index (κ3) is 2.46. The van der Waals surface area contributed by atoms with Gasteiger partial charge in [-0.2, -0.15) is 0 Å². The smallest absolute Gasteiger partial charge is 0.123 e. The Hall–Kier alpha value is -1.26. The number of nitrogens with zero attached hydrogens (tertiary/aromatic N) is 2. The van der Waals surface area contributed by atoms with Crippen molar-refractivity contribution in [2.45, 2.75) is 13.3 Å². The van der Waals surface area contributed by atoms with Gasteiger partial charge in [0, 0.05) is 35.8 Å². The van der Waals surface area contributed by atoms with Crippen molar-refractivity contribution < 1.29 is 0 Å². The molecule has 84 valence electrons. The van der Waals surface area contributed by atoms with Crippen LogP contribution in [0.5, 0.6) is 0 Å². The first-order chi connectivity index (χ1) is 7.81. The van der Waals surface area contributed by atoms with E-state index in [4.69, 9.17) is 0 Å². The lowest BCUT2D eigenvalue weighted by atomic mass is 10.2. The molecule has 0 saturated carbocycles. The maximum Gasteiger partial charge on any atom is 0.123 e. The summed E-state index contributed by atoms with van der Waals surface area (Å²) >= 11 is 1.75. The van der Waals surface area contributed by atoms with E-state index in [1.807, 2.05) is 19.2 Å². The molecule has 2 aromatic heterocycles. The second kappa shape index (κ2) is 5.18. The molecule has 0 fully saturated rings. The summed E-state index contributed by atoms with van der Waals surface area (Å²) in [5, 5.41) is 4.24. The van der Waals surface area contributed by atoms with Gasteiger partial charge in [-0.1, -0.05) is 0 Å². The van der Waals surface area contributed by atoms with Gasteiger partial charge in [-0.15, -0.1) is 11.3 Å². The van der Waals surface area contributed by atoms with Crippen molar-refractivity contribution in [2.75, 3.05) is 13.6 Å². The Morgan fingerprint density at radius 2 is 2.06 bits per heavy atom. The Balaban J connectivity index is 2.24.